The number of nitrogens with one attached hydrogen (secondary N) is 2. The molecule has 0 spiro atoms. The summed E-state index contributed by atoms with van der Waals surface area (Å²) in [6, 6.07) is 3.77. The minimum Gasteiger partial charge on any atom is -0.384 e. The standard InChI is InChI=1S/C18H23ClN6OS/c1-10-8-25(9-11(2)26-10)6-5-21-13-7-14(20)23-16-15(19)17(27-18(13)16)12-3-4-22-24-12/h3-4,7,10-11H,5-6,8-9H2,1-2H3,(H,22,24)(H3,20,21,23)/t10-,11-/m1/s1. The summed E-state index contributed by atoms with van der Waals surface area (Å²) in [5.74, 6) is 0.453. The number of nitrogen functional groups attached to an aromatic ring is 1. The Labute approximate surface area is 166 Å². The Morgan fingerprint density at radius 3 is 2.89 bits per heavy atom. The molecule has 1 aliphatic rings. The van der Waals surface area contributed by atoms with Gasteiger partial charge in [-0.25, -0.2) is 4.98 Å². The largest absolute Gasteiger partial charge is 0.384 e. The molecule has 144 valence electrons. The summed E-state index contributed by atoms with van der Waals surface area (Å²) < 4.78 is 6.80. The lowest BCUT2D eigenvalue weighted by molar-refractivity contribution is -0.0667. The van der Waals surface area contributed by atoms with Crippen LogP contribution in [0.15, 0.2) is 18.3 Å². The second-order valence-electron chi connectivity index (χ2n) is 6.93. The summed E-state index contributed by atoms with van der Waals surface area (Å²) in [7, 11) is 0. The number of ether oxygens (including phenoxy) is 1. The average Bonchev–Trinajstić information content (AvgIpc) is 3.23. The number of fused-ring (bicyclic) bond motifs is 1. The van der Waals surface area contributed by atoms with Gasteiger partial charge >= 0.3 is 0 Å². The highest BCUT2D eigenvalue weighted by atomic mass is 35.5. The number of rotatable bonds is 5. The molecular formula is C18H23ClN6OS. The first kappa shape index (κ1) is 18.5. The van der Waals surface area contributed by atoms with Crippen molar-refractivity contribution in [3.63, 3.8) is 0 Å². The smallest absolute Gasteiger partial charge is 0.126 e. The van der Waals surface area contributed by atoms with Gasteiger partial charge in [0.25, 0.3) is 0 Å². The number of nitrogens with two attached hydrogens (primary N) is 1. The molecule has 9 heteroatoms. The molecule has 1 saturated heterocycles. The fourth-order valence-corrected chi connectivity index (χ4v) is 5.07. The predicted octanol–water partition coefficient (Wildman–Crippen LogP) is 3.44. The zero-order valence-electron chi connectivity index (χ0n) is 15.3. The second-order valence-corrected chi connectivity index (χ2v) is 8.33. The summed E-state index contributed by atoms with van der Waals surface area (Å²) in [4.78, 5) is 7.78. The monoisotopic (exact) mass is 406 g/mol. The van der Waals surface area contributed by atoms with Crippen molar-refractivity contribution in [1.29, 1.82) is 0 Å². The zero-order chi connectivity index (χ0) is 19.0. The van der Waals surface area contributed by atoms with Crippen molar-refractivity contribution < 1.29 is 4.74 Å². The quantitative estimate of drug-likeness (QED) is 0.601. The predicted molar refractivity (Wildman–Crippen MR) is 112 cm³/mol. The van der Waals surface area contributed by atoms with E-state index in [-0.39, 0.29) is 12.2 Å². The van der Waals surface area contributed by atoms with Crippen LogP contribution in [0, 0.1) is 0 Å². The number of H-pyrrole nitrogens is 1. The lowest BCUT2D eigenvalue weighted by Gasteiger charge is -2.35. The van der Waals surface area contributed by atoms with E-state index in [9.17, 15) is 0 Å². The van der Waals surface area contributed by atoms with E-state index in [0.717, 1.165) is 52.7 Å². The lowest BCUT2D eigenvalue weighted by Crippen LogP contribution is -2.46. The number of halogens is 1. The Balaban J connectivity index is 1.54. The van der Waals surface area contributed by atoms with Gasteiger partial charge in [0, 0.05) is 38.4 Å². The van der Waals surface area contributed by atoms with Crippen molar-refractivity contribution in [3.05, 3.63) is 23.4 Å². The van der Waals surface area contributed by atoms with Crippen LogP contribution in [0.1, 0.15) is 13.8 Å². The van der Waals surface area contributed by atoms with Crippen LogP contribution in [0.25, 0.3) is 20.8 Å². The third kappa shape index (κ3) is 3.89. The Morgan fingerprint density at radius 1 is 1.41 bits per heavy atom. The van der Waals surface area contributed by atoms with Crippen LogP contribution in [-0.2, 0) is 4.74 Å². The molecule has 2 atom stereocenters. The highest BCUT2D eigenvalue weighted by Gasteiger charge is 2.22. The molecule has 0 amide bonds. The first-order valence-corrected chi connectivity index (χ1v) is 10.2. The fourth-order valence-electron chi connectivity index (χ4n) is 3.56. The van der Waals surface area contributed by atoms with E-state index in [0.29, 0.717) is 10.8 Å². The fraction of sp³-hybridized carbons (Fsp3) is 0.444. The molecule has 0 radical (unpaired) electrons. The molecule has 4 heterocycles. The van der Waals surface area contributed by atoms with Crippen molar-refractivity contribution in [3.8, 4) is 10.6 Å². The van der Waals surface area contributed by atoms with E-state index in [4.69, 9.17) is 22.1 Å². The molecule has 0 bridgehead atoms. The van der Waals surface area contributed by atoms with Crippen molar-refractivity contribution in [2.75, 3.05) is 37.2 Å². The zero-order valence-corrected chi connectivity index (χ0v) is 16.9. The van der Waals surface area contributed by atoms with Crippen molar-refractivity contribution in [2.45, 2.75) is 26.1 Å². The molecular weight excluding hydrogens is 384 g/mol. The van der Waals surface area contributed by atoms with Gasteiger partial charge in [0.05, 0.1) is 38.2 Å². The number of nitrogens with zero attached hydrogens (tertiary/aromatic N) is 3. The molecule has 27 heavy (non-hydrogen) atoms. The summed E-state index contributed by atoms with van der Waals surface area (Å²) in [6.45, 7) is 7.90. The molecule has 0 saturated carbocycles. The topological polar surface area (TPSA) is 92.1 Å². The number of aromatic nitrogens is 3. The van der Waals surface area contributed by atoms with Crippen LogP contribution < -0.4 is 11.1 Å². The van der Waals surface area contributed by atoms with Gasteiger partial charge in [-0.1, -0.05) is 11.6 Å². The second kappa shape index (κ2) is 7.63. The van der Waals surface area contributed by atoms with Gasteiger partial charge in [-0.2, -0.15) is 5.10 Å². The summed E-state index contributed by atoms with van der Waals surface area (Å²) in [5.41, 5.74) is 8.59. The van der Waals surface area contributed by atoms with E-state index in [1.165, 1.54) is 0 Å². The molecule has 3 aromatic rings. The third-order valence-corrected chi connectivity index (χ3v) is 6.31. The van der Waals surface area contributed by atoms with Gasteiger partial charge in [0.1, 0.15) is 11.3 Å². The number of pyridine rings is 1. The molecule has 4 rings (SSSR count). The van der Waals surface area contributed by atoms with Gasteiger partial charge < -0.3 is 15.8 Å². The third-order valence-electron chi connectivity index (χ3n) is 4.59. The number of thiophene rings is 1. The normalized spacial score (nSPS) is 21.0. The summed E-state index contributed by atoms with van der Waals surface area (Å²) >= 11 is 8.16. The minimum absolute atomic E-state index is 0.269. The van der Waals surface area contributed by atoms with Gasteiger partial charge in [-0.3, -0.25) is 10.00 Å². The number of hydrogen-bond acceptors (Lipinski definition) is 7. The van der Waals surface area contributed by atoms with Crippen LogP contribution in [0.3, 0.4) is 0 Å². The number of aromatic amines is 1. The van der Waals surface area contributed by atoms with Crippen LogP contribution >= 0.6 is 22.9 Å². The maximum Gasteiger partial charge on any atom is 0.126 e. The molecule has 7 nitrogen and oxygen atoms in total. The van der Waals surface area contributed by atoms with Crippen molar-refractivity contribution in [2.24, 2.45) is 0 Å². The van der Waals surface area contributed by atoms with Crippen molar-refractivity contribution in [1.82, 2.24) is 20.1 Å². The average molecular weight is 407 g/mol. The Kier molecular flexibility index (Phi) is 5.23. The molecule has 1 aliphatic heterocycles. The van der Waals surface area contributed by atoms with E-state index in [1.807, 2.05) is 12.1 Å². The maximum atomic E-state index is 6.58. The first-order chi connectivity index (χ1) is 13.0. The van der Waals surface area contributed by atoms with Crippen LogP contribution in [-0.4, -0.2) is 58.5 Å². The highest BCUT2D eigenvalue weighted by molar-refractivity contribution is 7.23. The molecule has 0 aliphatic carbocycles. The molecule has 4 N–H and O–H groups in total. The van der Waals surface area contributed by atoms with Gasteiger partial charge in [-0.15, -0.1) is 11.3 Å². The number of morpholine rings is 1. The SMILES string of the molecule is C[C@@H]1CN(CCNc2cc(N)nc3c(Cl)c(-c4ccn[nH]4)sc23)C[C@@H](C)O1. The van der Waals surface area contributed by atoms with Gasteiger partial charge in [0.2, 0.25) is 0 Å². The molecule has 1 fully saturated rings. The van der Waals surface area contributed by atoms with E-state index >= 15 is 0 Å². The summed E-state index contributed by atoms with van der Waals surface area (Å²) in [6.07, 6.45) is 2.25. The van der Waals surface area contributed by atoms with E-state index in [2.05, 4.69) is 39.2 Å². The highest BCUT2D eigenvalue weighted by Crippen LogP contribution is 2.43. The van der Waals surface area contributed by atoms with Gasteiger partial charge in [-0.05, 0) is 19.9 Å². The summed E-state index contributed by atoms with van der Waals surface area (Å²) in [5, 5.41) is 11.1. The molecule has 3 aromatic heterocycles. The van der Waals surface area contributed by atoms with Crippen LogP contribution in [0.4, 0.5) is 11.5 Å². The Morgan fingerprint density at radius 2 is 2.19 bits per heavy atom. The number of hydrogen-bond donors (Lipinski definition) is 3. The lowest BCUT2D eigenvalue weighted by atomic mass is 10.2. The van der Waals surface area contributed by atoms with E-state index in [1.54, 1.807) is 17.5 Å². The maximum absolute atomic E-state index is 6.58. The van der Waals surface area contributed by atoms with Crippen LogP contribution in [0.2, 0.25) is 5.02 Å². The Bertz CT molecular complexity index is 918. The Hall–Kier alpha value is -1.87. The molecule has 0 unspecified atom stereocenters. The van der Waals surface area contributed by atoms with Crippen LogP contribution in [0.5, 0.6) is 0 Å². The first-order valence-electron chi connectivity index (χ1n) is 9.01. The number of anilines is 2. The minimum atomic E-state index is 0.269. The molecule has 0 aromatic carbocycles. The van der Waals surface area contributed by atoms with E-state index < -0.39 is 0 Å². The van der Waals surface area contributed by atoms with Gasteiger partial charge in [0.15, 0.2) is 0 Å². The van der Waals surface area contributed by atoms with Crippen molar-refractivity contribution >= 4 is 44.7 Å².